The van der Waals surface area contributed by atoms with Crippen LogP contribution < -0.4 is 0 Å². The molecule has 0 spiro atoms. The predicted molar refractivity (Wildman–Crippen MR) is 67.4 cm³/mol. The minimum atomic E-state index is -4.68. The number of fused-ring (bicyclic) bond motifs is 1. The molecule has 0 radical (unpaired) electrons. The van der Waals surface area contributed by atoms with Crippen LogP contribution in [0.5, 0.6) is 0 Å². The molecule has 0 N–H and O–H groups in total. The van der Waals surface area contributed by atoms with Crippen molar-refractivity contribution in [1.29, 1.82) is 0 Å². The molecule has 20 heavy (non-hydrogen) atoms. The van der Waals surface area contributed by atoms with Crippen LogP contribution in [0.15, 0.2) is 36.7 Å². The molecule has 0 fully saturated rings. The Hall–Kier alpha value is -2.31. The van der Waals surface area contributed by atoms with Crippen molar-refractivity contribution in [1.82, 2.24) is 14.3 Å². The minimum Gasteiger partial charge on any atom is -0.383 e. The first-order valence-corrected chi connectivity index (χ1v) is 5.74. The predicted octanol–water partition coefficient (Wildman–Crippen LogP) is 2.61. The highest BCUT2D eigenvalue weighted by molar-refractivity contribution is 6.04. The van der Waals surface area contributed by atoms with Gasteiger partial charge in [0.05, 0.1) is 0 Å². The number of hydrogen-bond donors (Lipinski definition) is 0. The van der Waals surface area contributed by atoms with Crippen LogP contribution in [0.4, 0.5) is 13.2 Å². The molecule has 2 heterocycles. The van der Waals surface area contributed by atoms with Crippen LogP contribution in [0.2, 0.25) is 0 Å². The van der Waals surface area contributed by atoms with Gasteiger partial charge in [-0.05, 0) is 12.1 Å². The van der Waals surface area contributed by atoms with Crippen LogP contribution in [0.1, 0.15) is 16.2 Å². The smallest absolute Gasteiger partial charge is 0.383 e. The number of hydrogen-bond acceptors (Lipinski definition) is 3. The lowest BCUT2D eigenvalue weighted by molar-refractivity contribution is -0.141. The highest BCUT2D eigenvalue weighted by Crippen LogP contribution is 2.32. The zero-order chi connectivity index (χ0) is 14.9. The highest BCUT2D eigenvalue weighted by atomic mass is 19.4. The van der Waals surface area contributed by atoms with Gasteiger partial charge >= 0.3 is 6.18 Å². The van der Waals surface area contributed by atoms with E-state index in [4.69, 9.17) is 0 Å². The van der Waals surface area contributed by atoms with E-state index >= 15 is 0 Å². The summed E-state index contributed by atoms with van der Waals surface area (Å²) in [5, 5.41) is 0. The first-order valence-electron chi connectivity index (χ1n) is 5.74. The van der Waals surface area contributed by atoms with Gasteiger partial charge in [0.25, 0.3) is 0 Å². The number of nitrogens with zero attached hydrogens (tertiary/aromatic N) is 3. The van der Waals surface area contributed by atoms with E-state index < -0.39 is 23.3 Å². The lowest BCUT2D eigenvalue weighted by Crippen LogP contribution is -2.13. The van der Waals surface area contributed by atoms with Gasteiger partial charge in [0.1, 0.15) is 11.3 Å². The first kappa shape index (κ1) is 14.1. The van der Waals surface area contributed by atoms with Crippen LogP contribution in [0.25, 0.3) is 5.65 Å². The number of pyridine rings is 1. The molecule has 2 aromatic rings. The molecular weight excluding hydrogens is 271 g/mol. The molecule has 0 bridgehead atoms. The highest BCUT2D eigenvalue weighted by Gasteiger charge is 2.39. The van der Waals surface area contributed by atoms with Crippen LogP contribution in [-0.4, -0.2) is 34.2 Å². The Balaban J connectivity index is 2.63. The average molecular weight is 283 g/mol. The fourth-order valence-corrected chi connectivity index (χ4v) is 1.72. The van der Waals surface area contributed by atoms with Gasteiger partial charge in [-0.3, -0.25) is 9.20 Å². The molecule has 0 aliphatic carbocycles. The van der Waals surface area contributed by atoms with Crippen molar-refractivity contribution in [2.45, 2.75) is 6.18 Å². The van der Waals surface area contributed by atoms with Crippen molar-refractivity contribution in [3.8, 4) is 0 Å². The Kier molecular flexibility index (Phi) is 3.52. The van der Waals surface area contributed by atoms with Crippen molar-refractivity contribution in [3.05, 3.63) is 48.1 Å². The Bertz CT molecular complexity index is 671. The lowest BCUT2D eigenvalue weighted by Gasteiger charge is -2.06. The van der Waals surface area contributed by atoms with E-state index in [0.717, 1.165) is 10.5 Å². The molecule has 0 unspecified atom stereocenters. The Morgan fingerprint density at radius 1 is 1.35 bits per heavy atom. The van der Waals surface area contributed by atoms with Gasteiger partial charge in [0, 0.05) is 32.6 Å². The third kappa shape index (κ3) is 2.66. The topological polar surface area (TPSA) is 37.6 Å². The zero-order valence-corrected chi connectivity index (χ0v) is 10.8. The summed E-state index contributed by atoms with van der Waals surface area (Å²) in [6, 6.07) is 4.52. The van der Waals surface area contributed by atoms with Gasteiger partial charge in [0.15, 0.2) is 5.69 Å². The summed E-state index contributed by atoms with van der Waals surface area (Å²) in [6.45, 7) is 0. The van der Waals surface area contributed by atoms with Crippen molar-refractivity contribution in [2.24, 2.45) is 0 Å². The number of halogens is 3. The largest absolute Gasteiger partial charge is 0.435 e. The van der Waals surface area contributed by atoms with E-state index in [9.17, 15) is 18.0 Å². The maximum Gasteiger partial charge on any atom is 0.435 e. The molecule has 2 aromatic heterocycles. The number of rotatable bonds is 3. The number of alkyl halides is 3. The molecule has 0 saturated carbocycles. The molecule has 0 saturated heterocycles. The minimum absolute atomic E-state index is 0.0847. The van der Waals surface area contributed by atoms with E-state index in [0.29, 0.717) is 0 Å². The second-order valence-electron chi connectivity index (χ2n) is 4.38. The number of imidazole rings is 1. The number of ketones is 1. The van der Waals surface area contributed by atoms with Gasteiger partial charge in [-0.1, -0.05) is 6.07 Å². The van der Waals surface area contributed by atoms with Crippen LogP contribution in [0, 0.1) is 0 Å². The molecular formula is C13H12F3N3O. The Morgan fingerprint density at radius 3 is 2.65 bits per heavy atom. The van der Waals surface area contributed by atoms with Gasteiger partial charge < -0.3 is 4.90 Å². The quantitative estimate of drug-likeness (QED) is 0.642. The van der Waals surface area contributed by atoms with Crippen LogP contribution >= 0.6 is 0 Å². The van der Waals surface area contributed by atoms with E-state index in [2.05, 4.69) is 4.98 Å². The molecule has 7 heteroatoms. The molecule has 0 amide bonds. The van der Waals surface area contributed by atoms with Gasteiger partial charge in [-0.25, -0.2) is 4.98 Å². The molecule has 0 aromatic carbocycles. The first-order chi connectivity index (χ1) is 9.30. The van der Waals surface area contributed by atoms with E-state index in [1.807, 2.05) is 0 Å². The molecule has 0 aliphatic rings. The summed E-state index contributed by atoms with van der Waals surface area (Å²) in [6.07, 6.45) is -0.812. The number of carbonyl (C=O) groups is 1. The summed E-state index contributed by atoms with van der Waals surface area (Å²) >= 11 is 0. The number of allylic oxidation sites excluding steroid dienone is 1. The normalized spacial score (nSPS) is 12.2. The van der Waals surface area contributed by atoms with Gasteiger partial charge in [-0.2, -0.15) is 13.2 Å². The fourth-order valence-electron chi connectivity index (χ4n) is 1.72. The van der Waals surface area contributed by atoms with Crippen LogP contribution in [0.3, 0.4) is 0 Å². The second kappa shape index (κ2) is 4.99. The van der Waals surface area contributed by atoms with Gasteiger partial charge in [0.2, 0.25) is 5.78 Å². The van der Waals surface area contributed by atoms with Crippen LogP contribution in [-0.2, 0) is 6.18 Å². The van der Waals surface area contributed by atoms with E-state index in [1.165, 1.54) is 18.5 Å². The number of aromatic nitrogens is 2. The molecule has 0 aliphatic heterocycles. The van der Waals surface area contributed by atoms with E-state index in [1.54, 1.807) is 31.1 Å². The van der Waals surface area contributed by atoms with E-state index in [-0.39, 0.29) is 5.65 Å². The third-order valence-electron chi connectivity index (χ3n) is 2.56. The molecule has 106 valence electrons. The zero-order valence-electron chi connectivity index (χ0n) is 10.8. The fraction of sp³-hybridized carbons (Fsp3) is 0.231. The van der Waals surface area contributed by atoms with Crippen molar-refractivity contribution in [3.63, 3.8) is 0 Å². The Labute approximate surface area is 113 Å². The van der Waals surface area contributed by atoms with Crippen molar-refractivity contribution >= 4 is 11.4 Å². The second-order valence-corrected chi connectivity index (χ2v) is 4.38. The monoisotopic (exact) mass is 283 g/mol. The lowest BCUT2D eigenvalue weighted by atomic mass is 10.2. The summed E-state index contributed by atoms with van der Waals surface area (Å²) in [7, 11) is 3.34. The average Bonchev–Trinajstić information content (AvgIpc) is 2.75. The van der Waals surface area contributed by atoms with Crippen molar-refractivity contribution < 1.29 is 18.0 Å². The SMILES string of the molecule is CN(C)/C=C/C(=O)c1c(C(F)(F)F)nc2ccccn12. The summed E-state index contributed by atoms with van der Waals surface area (Å²) in [5.74, 6) is -0.746. The summed E-state index contributed by atoms with van der Waals surface area (Å²) in [4.78, 5) is 17.1. The molecule has 4 nitrogen and oxygen atoms in total. The maximum atomic E-state index is 13.0. The number of carbonyl (C=O) groups excluding carboxylic acids is 1. The standard InChI is InChI=1S/C13H12F3N3O/c1-18(2)8-6-9(20)11-12(13(14,15)16)17-10-5-3-4-7-19(10)11/h3-8H,1-2H3/b8-6+. The third-order valence-corrected chi connectivity index (χ3v) is 2.56. The molecule has 2 rings (SSSR count). The molecule has 0 atom stereocenters. The Morgan fingerprint density at radius 2 is 2.05 bits per heavy atom. The van der Waals surface area contributed by atoms with Crippen molar-refractivity contribution in [2.75, 3.05) is 14.1 Å². The summed E-state index contributed by atoms with van der Waals surface area (Å²) in [5.41, 5.74) is -1.57. The van der Waals surface area contributed by atoms with Gasteiger partial charge in [-0.15, -0.1) is 0 Å². The summed E-state index contributed by atoms with van der Waals surface area (Å²) < 4.78 is 40.1. The maximum absolute atomic E-state index is 13.0.